The second-order valence-corrected chi connectivity index (χ2v) is 10.3. The Labute approximate surface area is 207 Å². The molecule has 0 radical (unpaired) electrons. The van der Waals surface area contributed by atoms with Crippen LogP contribution in [-0.2, 0) is 19.7 Å². The van der Waals surface area contributed by atoms with Gasteiger partial charge in [-0.05, 0) is 82.7 Å². The van der Waals surface area contributed by atoms with Crippen molar-refractivity contribution in [2.24, 2.45) is 5.73 Å². The summed E-state index contributed by atoms with van der Waals surface area (Å²) in [5, 5.41) is -0.252. The Morgan fingerprint density at radius 2 is 1.91 bits per heavy atom. The van der Waals surface area contributed by atoms with E-state index in [1.807, 2.05) is 0 Å². The zero-order valence-electron chi connectivity index (χ0n) is 16.9. The summed E-state index contributed by atoms with van der Waals surface area (Å²) in [5.74, 6) is -1.48. The summed E-state index contributed by atoms with van der Waals surface area (Å²) in [6, 6.07) is 8.42. The van der Waals surface area contributed by atoms with Gasteiger partial charge in [0.15, 0.2) is 11.5 Å². The smallest absolute Gasteiger partial charge is 0.339 e. The van der Waals surface area contributed by atoms with Gasteiger partial charge >= 0.3 is 10.1 Å². The zero-order chi connectivity index (χ0) is 24.3. The summed E-state index contributed by atoms with van der Waals surface area (Å²) in [6.45, 7) is 1.38. The standard InChI is InChI=1S/C20H16BrClN2O7S2/c1-2-30-15-8-11(9-16-19(26)24(10-17(23)25)20(27)32-16)7-14(21)18(15)31-33(28,29)13-5-3-12(22)4-6-13/h3-9H,2,10H2,1H3,(H2,23,25)/b16-9-. The Morgan fingerprint density at radius 3 is 2.52 bits per heavy atom. The molecule has 2 N–H and O–H groups in total. The largest absolute Gasteiger partial charge is 0.490 e. The van der Waals surface area contributed by atoms with E-state index < -0.39 is 33.7 Å². The maximum atomic E-state index is 12.7. The van der Waals surface area contributed by atoms with Crippen LogP contribution in [0.25, 0.3) is 6.08 Å². The lowest BCUT2D eigenvalue weighted by atomic mass is 10.2. The molecule has 9 nitrogen and oxygen atoms in total. The zero-order valence-corrected chi connectivity index (χ0v) is 20.9. The molecule has 1 saturated heterocycles. The fraction of sp³-hybridized carbons (Fsp3) is 0.150. The number of rotatable bonds is 8. The van der Waals surface area contributed by atoms with Crippen LogP contribution in [0.15, 0.2) is 50.7 Å². The number of nitrogens with two attached hydrogens (primary N) is 1. The van der Waals surface area contributed by atoms with Gasteiger partial charge in [0.2, 0.25) is 5.91 Å². The fourth-order valence-electron chi connectivity index (χ4n) is 2.72. The number of imide groups is 1. The predicted octanol–water partition coefficient (Wildman–Crippen LogP) is 3.79. The van der Waals surface area contributed by atoms with Crippen molar-refractivity contribution in [3.8, 4) is 11.5 Å². The maximum absolute atomic E-state index is 12.7. The first-order chi connectivity index (χ1) is 15.5. The molecule has 1 aliphatic heterocycles. The van der Waals surface area contributed by atoms with Gasteiger partial charge in [-0.1, -0.05) is 11.6 Å². The summed E-state index contributed by atoms with van der Waals surface area (Å²) >= 11 is 9.74. The number of primary amides is 1. The van der Waals surface area contributed by atoms with E-state index in [1.165, 1.54) is 42.5 Å². The number of nitrogens with zero attached hydrogens (tertiary/aromatic N) is 1. The molecule has 2 aromatic rings. The van der Waals surface area contributed by atoms with Gasteiger partial charge in [-0.25, -0.2) is 0 Å². The van der Waals surface area contributed by atoms with Crippen LogP contribution in [0.4, 0.5) is 4.79 Å². The van der Waals surface area contributed by atoms with Gasteiger partial charge in [-0.15, -0.1) is 0 Å². The monoisotopic (exact) mass is 574 g/mol. The third-order valence-corrected chi connectivity index (χ3v) is 7.10. The molecule has 0 spiro atoms. The van der Waals surface area contributed by atoms with E-state index in [4.69, 9.17) is 26.3 Å². The molecular weight excluding hydrogens is 560 g/mol. The first-order valence-electron chi connectivity index (χ1n) is 9.22. The first-order valence-corrected chi connectivity index (χ1v) is 12.6. The number of carbonyl (C=O) groups excluding carboxylic acids is 3. The van der Waals surface area contributed by atoms with Gasteiger partial charge in [0.05, 0.1) is 16.0 Å². The first kappa shape index (κ1) is 25.1. The van der Waals surface area contributed by atoms with E-state index >= 15 is 0 Å². The Bertz CT molecular complexity index is 1260. The number of benzene rings is 2. The minimum absolute atomic E-state index is 0.0676. The number of hydrogen-bond acceptors (Lipinski definition) is 8. The average Bonchev–Trinajstić information content (AvgIpc) is 2.98. The van der Waals surface area contributed by atoms with Gasteiger partial charge in [-0.2, -0.15) is 8.42 Å². The molecule has 174 valence electrons. The summed E-state index contributed by atoms with van der Waals surface area (Å²) in [7, 11) is -4.20. The quantitative estimate of drug-likeness (QED) is 0.371. The SMILES string of the molecule is CCOc1cc(/C=C2\SC(=O)N(CC(N)=O)C2=O)cc(Br)c1OS(=O)(=O)c1ccc(Cl)cc1. The van der Waals surface area contributed by atoms with Crippen molar-refractivity contribution >= 4 is 72.5 Å². The molecule has 3 amide bonds. The molecule has 0 atom stereocenters. The molecular formula is C20H16BrClN2O7S2. The normalized spacial score (nSPS) is 15.2. The van der Waals surface area contributed by atoms with Crippen LogP contribution in [0.3, 0.4) is 0 Å². The highest BCUT2D eigenvalue weighted by Crippen LogP contribution is 2.40. The average molecular weight is 576 g/mol. The van der Waals surface area contributed by atoms with Gasteiger partial charge in [0, 0.05) is 5.02 Å². The van der Waals surface area contributed by atoms with E-state index in [9.17, 15) is 22.8 Å². The van der Waals surface area contributed by atoms with E-state index in [1.54, 1.807) is 6.92 Å². The molecule has 1 fully saturated rings. The Hall–Kier alpha value is -2.54. The second-order valence-electron chi connectivity index (χ2n) is 6.49. The molecule has 0 bridgehead atoms. The summed E-state index contributed by atoms with van der Waals surface area (Å²) < 4.78 is 36.5. The second kappa shape index (κ2) is 10.2. The van der Waals surface area contributed by atoms with E-state index in [-0.39, 0.29) is 32.4 Å². The lowest BCUT2D eigenvalue weighted by Gasteiger charge is -2.14. The summed E-state index contributed by atoms with van der Waals surface area (Å²) in [4.78, 5) is 36.3. The van der Waals surface area contributed by atoms with Crippen molar-refractivity contribution in [3.05, 3.63) is 56.4 Å². The van der Waals surface area contributed by atoms with E-state index in [0.29, 0.717) is 22.3 Å². The Balaban J connectivity index is 1.96. The molecule has 1 heterocycles. The highest BCUT2D eigenvalue weighted by Gasteiger charge is 2.36. The number of carbonyl (C=O) groups is 3. The van der Waals surface area contributed by atoms with Crippen LogP contribution in [-0.4, -0.2) is 43.5 Å². The van der Waals surface area contributed by atoms with Crippen molar-refractivity contribution < 1.29 is 31.7 Å². The third kappa shape index (κ3) is 5.88. The number of ether oxygens (including phenoxy) is 1. The van der Waals surface area contributed by atoms with Crippen molar-refractivity contribution in [1.29, 1.82) is 0 Å². The van der Waals surface area contributed by atoms with E-state index in [2.05, 4.69) is 15.9 Å². The minimum atomic E-state index is -4.20. The number of hydrogen-bond donors (Lipinski definition) is 1. The molecule has 0 unspecified atom stereocenters. The Morgan fingerprint density at radius 1 is 1.24 bits per heavy atom. The molecule has 0 saturated carbocycles. The molecule has 0 aliphatic carbocycles. The number of halogens is 2. The topological polar surface area (TPSA) is 133 Å². The van der Waals surface area contributed by atoms with Gasteiger partial charge < -0.3 is 14.7 Å². The van der Waals surface area contributed by atoms with Crippen LogP contribution in [0.1, 0.15) is 12.5 Å². The van der Waals surface area contributed by atoms with Gasteiger partial charge in [0.25, 0.3) is 11.1 Å². The highest BCUT2D eigenvalue weighted by atomic mass is 79.9. The molecule has 2 aromatic carbocycles. The predicted molar refractivity (Wildman–Crippen MR) is 126 cm³/mol. The van der Waals surface area contributed by atoms with Crippen molar-refractivity contribution in [1.82, 2.24) is 4.90 Å². The Kier molecular flexibility index (Phi) is 7.73. The van der Waals surface area contributed by atoms with Crippen molar-refractivity contribution in [2.75, 3.05) is 13.2 Å². The van der Waals surface area contributed by atoms with Crippen LogP contribution in [0, 0.1) is 0 Å². The lowest BCUT2D eigenvalue weighted by Crippen LogP contribution is -2.36. The van der Waals surface area contributed by atoms with Gasteiger partial charge in [-0.3, -0.25) is 19.3 Å². The maximum Gasteiger partial charge on any atom is 0.339 e. The molecule has 13 heteroatoms. The third-order valence-electron chi connectivity index (χ3n) is 4.11. The summed E-state index contributed by atoms with van der Waals surface area (Å²) in [6.07, 6.45) is 1.41. The molecule has 0 aromatic heterocycles. The number of amides is 3. The van der Waals surface area contributed by atoms with Crippen molar-refractivity contribution in [2.45, 2.75) is 11.8 Å². The minimum Gasteiger partial charge on any atom is -0.490 e. The van der Waals surface area contributed by atoms with Crippen LogP contribution in [0.2, 0.25) is 5.02 Å². The number of thioether (sulfide) groups is 1. The van der Waals surface area contributed by atoms with Crippen LogP contribution < -0.4 is 14.7 Å². The van der Waals surface area contributed by atoms with Gasteiger partial charge in [0.1, 0.15) is 11.4 Å². The lowest BCUT2D eigenvalue weighted by molar-refractivity contribution is -0.127. The molecule has 33 heavy (non-hydrogen) atoms. The van der Waals surface area contributed by atoms with Crippen molar-refractivity contribution in [3.63, 3.8) is 0 Å². The fourth-order valence-corrected chi connectivity index (χ4v) is 5.29. The van der Waals surface area contributed by atoms with Crippen LogP contribution in [0.5, 0.6) is 11.5 Å². The van der Waals surface area contributed by atoms with Crippen LogP contribution >= 0.6 is 39.3 Å². The summed E-state index contributed by atoms with van der Waals surface area (Å²) in [5.41, 5.74) is 5.50. The molecule has 3 rings (SSSR count). The van der Waals surface area contributed by atoms with E-state index in [0.717, 1.165) is 4.90 Å². The molecule has 1 aliphatic rings. The highest BCUT2D eigenvalue weighted by molar-refractivity contribution is 9.10.